The molecule has 0 saturated heterocycles. The first-order valence-electron chi connectivity index (χ1n) is 5.28. The van der Waals surface area contributed by atoms with E-state index in [1.807, 2.05) is 0 Å². The van der Waals surface area contributed by atoms with Crippen molar-refractivity contribution in [2.45, 2.75) is 38.2 Å². The third kappa shape index (κ3) is 3.84. The Morgan fingerprint density at radius 3 is 2.94 bits per heavy atom. The van der Waals surface area contributed by atoms with Crippen LogP contribution in [0.15, 0.2) is 4.52 Å². The van der Waals surface area contributed by atoms with Crippen LogP contribution in [0.25, 0.3) is 0 Å². The summed E-state index contributed by atoms with van der Waals surface area (Å²) >= 11 is 1.73. The molecule has 0 radical (unpaired) electrons. The number of carbonyl (C=O) groups is 1. The summed E-state index contributed by atoms with van der Waals surface area (Å²) in [5.74, 6) is 0.558. The summed E-state index contributed by atoms with van der Waals surface area (Å²) in [6.07, 6.45) is 1.09. The predicted molar refractivity (Wildman–Crippen MR) is 61.3 cm³/mol. The Kier molecular flexibility index (Phi) is 5.31. The van der Waals surface area contributed by atoms with E-state index in [-0.39, 0.29) is 5.89 Å². The van der Waals surface area contributed by atoms with Crippen molar-refractivity contribution >= 4 is 17.7 Å². The zero-order chi connectivity index (χ0) is 12.0. The number of esters is 1. The van der Waals surface area contributed by atoms with Crippen LogP contribution in [0, 0.1) is 0 Å². The summed E-state index contributed by atoms with van der Waals surface area (Å²) in [6.45, 7) is 6.29. The van der Waals surface area contributed by atoms with E-state index in [9.17, 15) is 4.79 Å². The Labute approximate surface area is 98.9 Å². The van der Waals surface area contributed by atoms with Gasteiger partial charge in [-0.15, -0.1) is 0 Å². The molecule has 1 aromatic heterocycles. The highest BCUT2D eigenvalue weighted by molar-refractivity contribution is 7.99. The molecule has 0 amide bonds. The lowest BCUT2D eigenvalue weighted by molar-refractivity contribution is 0.0470. The number of aromatic nitrogens is 2. The van der Waals surface area contributed by atoms with Gasteiger partial charge in [-0.1, -0.05) is 19.0 Å². The van der Waals surface area contributed by atoms with Crippen molar-refractivity contribution in [3.05, 3.63) is 11.7 Å². The fourth-order valence-electron chi connectivity index (χ4n) is 0.923. The van der Waals surface area contributed by atoms with Gasteiger partial charge in [-0.05, 0) is 13.3 Å². The highest BCUT2D eigenvalue weighted by Gasteiger charge is 2.16. The second-order valence-electron chi connectivity index (χ2n) is 3.27. The number of rotatable bonds is 6. The van der Waals surface area contributed by atoms with Gasteiger partial charge in [0.05, 0.1) is 12.4 Å². The lowest BCUT2D eigenvalue weighted by Crippen LogP contribution is -2.05. The molecule has 16 heavy (non-hydrogen) atoms. The number of carbonyl (C=O) groups excluding carboxylic acids is 1. The highest BCUT2D eigenvalue weighted by Crippen LogP contribution is 2.17. The Morgan fingerprint density at radius 2 is 2.31 bits per heavy atom. The maximum absolute atomic E-state index is 11.2. The average Bonchev–Trinajstić information content (AvgIpc) is 2.75. The molecule has 5 nitrogen and oxygen atoms in total. The van der Waals surface area contributed by atoms with E-state index >= 15 is 0 Å². The summed E-state index contributed by atoms with van der Waals surface area (Å²) < 4.78 is 9.54. The molecule has 0 N–H and O–H groups in total. The minimum Gasteiger partial charge on any atom is -0.459 e. The fraction of sp³-hybridized carbons (Fsp3) is 0.700. The van der Waals surface area contributed by atoms with Crippen LogP contribution in [0.3, 0.4) is 0 Å². The molecule has 1 aromatic rings. The fourth-order valence-corrected chi connectivity index (χ4v) is 1.71. The van der Waals surface area contributed by atoms with Gasteiger partial charge in [-0.2, -0.15) is 16.7 Å². The van der Waals surface area contributed by atoms with E-state index in [0.717, 1.165) is 6.42 Å². The highest BCUT2D eigenvalue weighted by atomic mass is 32.2. The molecule has 0 saturated carbocycles. The number of hydrogen-bond acceptors (Lipinski definition) is 6. The van der Waals surface area contributed by atoms with Crippen molar-refractivity contribution in [2.75, 3.05) is 6.61 Å². The molecule has 0 aliphatic rings. The minimum absolute atomic E-state index is 0.0680. The first-order chi connectivity index (χ1) is 7.67. The van der Waals surface area contributed by atoms with Gasteiger partial charge in [0.1, 0.15) is 0 Å². The largest absolute Gasteiger partial charge is 0.459 e. The Balaban J connectivity index is 2.48. The molecular formula is C10H16N2O3S. The van der Waals surface area contributed by atoms with Gasteiger partial charge in [-0.3, -0.25) is 0 Å². The van der Waals surface area contributed by atoms with E-state index in [2.05, 4.69) is 24.0 Å². The van der Waals surface area contributed by atoms with Crippen molar-refractivity contribution < 1.29 is 14.1 Å². The van der Waals surface area contributed by atoms with Crippen LogP contribution in [0.4, 0.5) is 0 Å². The van der Waals surface area contributed by atoms with E-state index in [1.54, 1.807) is 18.7 Å². The first kappa shape index (κ1) is 13.0. The van der Waals surface area contributed by atoms with Crippen molar-refractivity contribution in [3.63, 3.8) is 0 Å². The third-order valence-corrected chi connectivity index (χ3v) is 3.32. The van der Waals surface area contributed by atoms with Crippen molar-refractivity contribution in [3.8, 4) is 0 Å². The predicted octanol–water partition coefficient (Wildman–Crippen LogP) is 2.28. The normalized spacial score (nSPS) is 12.4. The minimum atomic E-state index is -0.560. The average molecular weight is 244 g/mol. The molecule has 1 rings (SSSR count). The Hall–Kier alpha value is -1.04. The second-order valence-corrected chi connectivity index (χ2v) is 4.69. The first-order valence-corrected chi connectivity index (χ1v) is 6.33. The quantitative estimate of drug-likeness (QED) is 0.715. The number of thioether (sulfide) groups is 1. The topological polar surface area (TPSA) is 65.2 Å². The molecule has 1 heterocycles. The Morgan fingerprint density at radius 1 is 1.56 bits per heavy atom. The lowest BCUT2D eigenvalue weighted by Gasteiger charge is -2.04. The maximum atomic E-state index is 11.2. The molecular weight excluding hydrogens is 228 g/mol. The molecule has 0 bridgehead atoms. The molecule has 0 spiro atoms. The lowest BCUT2D eigenvalue weighted by atomic mass is 10.4. The van der Waals surface area contributed by atoms with E-state index in [4.69, 9.17) is 9.26 Å². The maximum Gasteiger partial charge on any atom is 0.397 e. The number of ether oxygens (including phenoxy) is 1. The van der Waals surface area contributed by atoms with Crippen molar-refractivity contribution in [2.24, 2.45) is 0 Å². The smallest absolute Gasteiger partial charge is 0.397 e. The van der Waals surface area contributed by atoms with Crippen molar-refractivity contribution in [1.82, 2.24) is 10.1 Å². The third-order valence-electron chi connectivity index (χ3n) is 1.99. The molecule has 0 fully saturated rings. The Bertz CT molecular complexity index is 341. The molecule has 1 atom stereocenters. The summed E-state index contributed by atoms with van der Waals surface area (Å²) in [4.78, 5) is 15.2. The summed E-state index contributed by atoms with van der Waals surface area (Å²) in [5.41, 5.74) is 0. The van der Waals surface area contributed by atoms with Gasteiger partial charge >= 0.3 is 11.9 Å². The SMILES string of the molecule is CCOC(=O)c1nc(CSC(C)CC)no1. The van der Waals surface area contributed by atoms with Crippen LogP contribution in [0.5, 0.6) is 0 Å². The van der Waals surface area contributed by atoms with E-state index < -0.39 is 5.97 Å². The molecule has 6 heteroatoms. The van der Waals surface area contributed by atoms with Crippen LogP contribution in [0.1, 0.15) is 43.7 Å². The van der Waals surface area contributed by atoms with Gasteiger partial charge in [0.15, 0.2) is 5.82 Å². The molecule has 0 aliphatic heterocycles. The zero-order valence-electron chi connectivity index (χ0n) is 9.73. The van der Waals surface area contributed by atoms with Gasteiger partial charge < -0.3 is 9.26 Å². The van der Waals surface area contributed by atoms with Gasteiger partial charge in [0.2, 0.25) is 0 Å². The van der Waals surface area contributed by atoms with Gasteiger partial charge in [-0.25, -0.2) is 4.79 Å². The molecule has 0 aromatic carbocycles. The van der Waals surface area contributed by atoms with Gasteiger partial charge in [0.25, 0.3) is 0 Å². The second kappa shape index (κ2) is 6.52. The van der Waals surface area contributed by atoms with Crippen LogP contribution >= 0.6 is 11.8 Å². The zero-order valence-corrected chi connectivity index (χ0v) is 10.5. The van der Waals surface area contributed by atoms with Crippen LogP contribution in [0.2, 0.25) is 0 Å². The van der Waals surface area contributed by atoms with E-state index in [0.29, 0.717) is 23.4 Å². The van der Waals surface area contributed by atoms with Crippen LogP contribution in [-0.4, -0.2) is 28.0 Å². The molecule has 1 unspecified atom stereocenters. The number of hydrogen-bond donors (Lipinski definition) is 0. The van der Waals surface area contributed by atoms with Gasteiger partial charge in [0, 0.05) is 5.25 Å². The summed E-state index contributed by atoms with van der Waals surface area (Å²) in [7, 11) is 0. The monoisotopic (exact) mass is 244 g/mol. The van der Waals surface area contributed by atoms with Crippen LogP contribution < -0.4 is 0 Å². The standard InChI is InChI=1S/C10H16N2O3S/c1-4-7(3)16-6-8-11-9(15-12-8)10(13)14-5-2/h7H,4-6H2,1-3H3. The summed E-state index contributed by atoms with van der Waals surface area (Å²) in [6, 6.07) is 0. The molecule has 0 aliphatic carbocycles. The van der Waals surface area contributed by atoms with Crippen molar-refractivity contribution in [1.29, 1.82) is 0 Å². The molecule has 90 valence electrons. The van der Waals surface area contributed by atoms with E-state index in [1.165, 1.54) is 0 Å². The summed E-state index contributed by atoms with van der Waals surface area (Å²) in [5, 5.41) is 4.26. The number of nitrogens with zero attached hydrogens (tertiary/aromatic N) is 2. The van der Waals surface area contributed by atoms with Crippen LogP contribution in [-0.2, 0) is 10.5 Å².